The number of rotatable bonds is 3. The fourth-order valence-corrected chi connectivity index (χ4v) is 3.30. The molecule has 1 aromatic carbocycles. The zero-order valence-corrected chi connectivity index (χ0v) is 12.9. The number of nitrogen functional groups attached to an aromatic ring is 2. The lowest BCUT2D eigenvalue weighted by Crippen LogP contribution is -2.37. The number of carbonyl (C=O) groups is 1. The van der Waals surface area contributed by atoms with Gasteiger partial charge >= 0.3 is 0 Å². The van der Waals surface area contributed by atoms with E-state index in [-0.39, 0.29) is 29.6 Å². The Labute approximate surface area is 132 Å². The van der Waals surface area contributed by atoms with E-state index in [1.54, 1.807) is 0 Å². The second kappa shape index (κ2) is 5.80. The molecule has 1 amide bonds. The van der Waals surface area contributed by atoms with E-state index in [9.17, 15) is 4.79 Å². The van der Waals surface area contributed by atoms with Crippen molar-refractivity contribution in [1.82, 2.24) is 15.0 Å². The molecule has 0 fully saturated rings. The summed E-state index contributed by atoms with van der Waals surface area (Å²) in [5, 5.41) is 0.360. The Kier molecular flexibility index (Phi) is 3.84. The van der Waals surface area contributed by atoms with Gasteiger partial charge in [-0.25, -0.2) is 0 Å². The molecule has 0 bridgehead atoms. The standard InChI is InChI=1S/C14H16N6OS/c1-8-6-9-4-2-3-5-10(9)20(8)11(21)7-22-14-18-12(15)17-13(16)19-14/h2-5,8H,6-7H2,1H3,(H4,15,16,17,18,19). The summed E-state index contributed by atoms with van der Waals surface area (Å²) < 4.78 is 0. The van der Waals surface area contributed by atoms with Crippen molar-refractivity contribution in [2.45, 2.75) is 24.5 Å². The largest absolute Gasteiger partial charge is 0.368 e. The Morgan fingerprint density at radius 2 is 1.95 bits per heavy atom. The first-order valence-electron chi connectivity index (χ1n) is 6.84. The number of para-hydroxylation sites is 1. The smallest absolute Gasteiger partial charge is 0.237 e. The maximum absolute atomic E-state index is 12.5. The summed E-state index contributed by atoms with van der Waals surface area (Å²) in [6, 6.07) is 8.11. The topological polar surface area (TPSA) is 111 Å². The average Bonchev–Trinajstić information content (AvgIpc) is 2.79. The third kappa shape index (κ3) is 2.82. The van der Waals surface area contributed by atoms with Crippen molar-refractivity contribution in [3.05, 3.63) is 29.8 Å². The van der Waals surface area contributed by atoms with Gasteiger partial charge in [0, 0.05) is 11.7 Å². The van der Waals surface area contributed by atoms with Gasteiger partial charge in [0.2, 0.25) is 17.8 Å². The molecule has 114 valence electrons. The number of benzene rings is 1. The van der Waals surface area contributed by atoms with E-state index in [0.29, 0.717) is 5.16 Å². The predicted octanol–water partition coefficient (Wildman–Crippen LogP) is 1.11. The van der Waals surface area contributed by atoms with Crippen molar-refractivity contribution in [2.75, 3.05) is 22.1 Å². The molecular formula is C14H16N6OS. The number of amides is 1. The molecule has 0 radical (unpaired) electrons. The Bertz CT molecular complexity index is 702. The minimum atomic E-state index is 0.0139. The van der Waals surface area contributed by atoms with E-state index >= 15 is 0 Å². The van der Waals surface area contributed by atoms with Crippen molar-refractivity contribution in [3.63, 3.8) is 0 Å². The van der Waals surface area contributed by atoms with Crippen LogP contribution in [0.5, 0.6) is 0 Å². The highest BCUT2D eigenvalue weighted by atomic mass is 32.2. The fourth-order valence-electron chi connectivity index (χ4n) is 2.59. The van der Waals surface area contributed by atoms with Crippen LogP contribution in [-0.4, -0.2) is 32.7 Å². The molecular weight excluding hydrogens is 300 g/mol. The fraction of sp³-hybridized carbons (Fsp3) is 0.286. The first-order chi connectivity index (χ1) is 10.5. The monoisotopic (exact) mass is 316 g/mol. The van der Waals surface area contributed by atoms with E-state index < -0.39 is 0 Å². The van der Waals surface area contributed by atoms with Crippen molar-refractivity contribution in [2.24, 2.45) is 0 Å². The molecule has 1 atom stereocenters. The number of hydrogen-bond donors (Lipinski definition) is 2. The Balaban J connectivity index is 1.72. The molecule has 3 rings (SSSR count). The first kappa shape index (κ1) is 14.6. The SMILES string of the molecule is CC1Cc2ccccc2N1C(=O)CSc1nc(N)nc(N)n1. The van der Waals surface area contributed by atoms with Crippen molar-refractivity contribution in [3.8, 4) is 0 Å². The van der Waals surface area contributed by atoms with Gasteiger partial charge in [0.1, 0.15) is 0 Å². The Hall–Kier alpha value is -2.35. The normalized spacial score (nSPS) is 16.6. The minimum Gasteiger partial charge on any atom is -0.368 e. The predicted molar refractivity (Wildman–Crippen MR) is 86.5 cm³/mol. The number of nitrogens with zero attached hydrogens (tertiary/aromatic N) is 4. The molecule has 1 aromatic heterocycles. The molecule has 22 heavy (non-hydrogen) atoms. The molecule has 0 saturated heterocycles. The van der Waals surface area contributed by atoms with Crippen molar-refractivity contribution in [1.29, 1.82) is 0 Å². The van der Waals surface area contributed by atoms with Crippen LogP contribution >= 0.6 is 11.8 Å². The van der Waals surface area contributed by atoms with Gasteiger partial charge in [-0.1, -0.05) is 30.0 Å². The minimum absolute atomic E-state index is 0.0139. The third-order valence-corrected chi connectivity index (χ3v) is 4.28. The Morgan fingerprint density at radius 3 is 2.68 bits per heavy atom. The van der Waals surface area contributed by atoms with Crippen LogP contribution in [0.1, 0.15) is 12.5 Å². The maximum atomic E-state index is 12.5. The van der Waals surface area contributed by atoms with Crippen LogP contribution in [0.4, 0.5) is 17.6 Å². The number of aromatic nitrogens is 3. The maximum Gasteiger partial charge on any atom is 0.237 e. The molecule has 1 aliphatic heterocycles. The highest BCUT2D eigenvalue weighted by Crippen LogP contribution is 2.32. The van der Waals surface area contributed by atoms with Crippen molar-refractivity contribution >= 4 is 35.3 Å². The van der Waals surface area contributed by atoms with Gasteiger partial charge in [-0.15, -0.1) is 0 Å². The van der Waals surface area contributed by atoms with Gasteiger partial charge in [-0.05, 0) is 25.0 Å². The zero-order chi connectivity index (χ0) is 15.7. The quantitative estimate of drug-likeness (QED) is 0.816. The number of carbonyl (C=O) groups excluding carboxylic acids is 1. The number of hydrogen-bond acceptors (Lipinski definition) is 7. The number of fused-ring (bicyclic) bond motifs is 1. The highest BCUT2D eigenvalue weighted by molar-refractivity contribution is 7.99. The molecule has 0 spiro atoms. The van der Waals surface area contributed by atoms with E-state index in [4.69, 9.17) is 11.5 Å². The lowest BCUT2D eigenvalue weighted by molar-refractivity contribution is -0.116. The molecule has 1 unspecified atom stereocenters. The lowest BCUT2D eigenvalue weighted by atomic mass is 10.1. The molecule has 0 saturated carbocycles. The summed E-state index contributed by atoms with van der Waals surface area (Å²) in [4.78, 5) is 26.0. The van der Waals surface area contributed by atoms with E-state index in [1.165, 1.54) is 17.3 Å². The lowest BCUT2D eigenvalue weighted by Gasteiger charge is -2.22. The second-order valence-corrected chi connectivity index (χ2v) is 6.01. The third-order valence-electron chi connectivity index (χ3n) is 3.45. The molecule has 8 heteroatoms. The summed E-state index contributed by atoms with van der Waals surface area (Å²) in [5.74, 6) is 0.353. The van der Waals surface area contributed by atoms with Crippen molar-refractivity contribution < 1.29 is 4.79 Å². The van der Waals surface area contributed by atoms with Crippen LogP contribution in [-0.2, 0) is 11.2 Å². The van der Waals surface area contributed by atoms with E-state index in [2.05, 4.69) is 21.0 Å². The van der Waals surface area contributed by atoms with Crippen LogP contribution in [0, 0.1) is 0 Å². The van der Waals surface area contributed by atoms with Crippen LogP contribution in [0.2, 0.25) is 0 Å². The average molecular weight is 316 g/mol. The van der Waals surface area contributed by atoms with Gasteiger partial charge in [0.25, 0.3) is 0 Å². The molecule has 2 aromatic rings. The second-order valence-electron chi connectivity index (χ2n) is 5.07. The van der Waals surface area contributed by atoms with Gasteiger partial charge in [-0.3, -0.25) is 4.79 Å². The van der Waals surface area contributed by atoms with Crippen LogP contribution in [0.3, 0.4) is 0 Å². The first-order valence-corrected chi connectivity index (χ1v) is 7.83. The highest BCUT2D eigenvalue weighted by Gasteiger charge is 2.30. The van der Waals surface area contributed by atoms with Gasteiger partial charge in [0.15, 0.2) is 5.16 Å². The number of thioether (sulfide) groups is 1. The summed E-state index contributed by atoms with van der Waals surface area (Å²) in [5.41, 5.74) is 13.2. The number of anilines is 3. The molecule has 2 heterocycles. The summed E-state index contributed by atoms with van der Waals surface area (Å²) in [7, 11) is 0. The molecule has 1 aliphatic rings. The van der Waals surface area contributed by atoms with Crippen LogP contribution in [0.25, 0.3) is 0 Å². The molecule has 7 nitrogen and oxygen atoms in total. The van der Waals surface area contributed by atoms with Gasteiger partial charge < -0.3 is 16.4 Å². The van der Waals surface area contributed by atoms with E-state index in [0.717, 1.165) is 12.1 Å². The van der Waals surface area contributed by atoms with E-state index in [1.807, 2.05) is 30.0 Å². The van der Waals surface area contributed by atoms with Crippen LogP contribution in [0.15, 0.2) is 29.4 Å². The summed E-state index contributed by atoms with van der Waals surface area (Å²) >= 11 is 1.21. The molecule has 0 aliphatic carbocycles. The summed E-state index contributed by atoms with van der Waals surface area (Å²) in [6.07, 6.45) is 0.873. The van der Waals surface area contributed by atoms with Gasteiger partial charge in [-0.2, -0.15) is 15.0 Å². The number of nitrogens with two attached hydrogens (primary N) is 2. The summed E-state index contributed by atoms with van der Waals surface area (Å²) in [6.45, 7) is 2.04. The zero-order valence-electron chi connectivity index (χ0n) is 12.1. The molecule has 4 N–H and O–H groups in total. The Morgan fingerprint density at radius 1 is 1.27 bits per heavy atom. The van der Waals surface area contributed by atoms with Gasteiger partial charge in [0.05, 0.1) is 5.75 Å². The van der Waals surface area contributed by atoms with Crippen LogP contribution < -0.4 is 16.4 Å².